The van der Waals surface area contributed by atoms with Crippen molar-refractivity contribution in [3.05, 3.63) is 29.3 Å². The third-order valence-electron chi connectivity index (χ3n) is 3.25. The summed E-state index contributed by atoms with van der Waals surface area (Å²) in [6.45, 7) is -0.141. The smallest absolute Gasteiger partial charge is 0.207 e. The lowest BCUT2D eigenvalue weighted by atomic mass is 10.1. The van der Waals surface area contributed by atoms with Gasteiger partial charge in [-0.15, -0.1) is 0 Å². The standard InChI is InChI=1S/C12H13ClF3NO2S/c13-9-5-1-2-6-10(9)20(18,19)17-8-4-3-7-11(17)12(14,15)16/h1-2,5-6,11H,3-4,7-8H2. The van der Waals surface area contributed by atoms with E-state index in [0.717, 1.165) is 0 Å². The van der Waals surface area contributed by atoms with Gasteiger partial charge in [-0.2, -0.15) is 17.5 Å². The highest BCUT2D eigenvalue weighted by atomic mass is 35.5. The molecule has 0 aliphatic carbocycles. The van der Waals surface area contributed by atoms with Gasteiger partial charge in [0, 0.05) is 6.54 Å². The maximum absolute atomic E-state index is 13.0. The van der Waals surface area contributed by atoms with E-state index in [9.17, 15) is 21.6 Å². The molecular weight excluding hydrogens is 315 g/mol. The van der Waals surface area contributed by atoms with Crippen LogP contribution in [0, 0.1) is 0 Å². The summed E-state index contributed by atoms with van der Waals surface area (Å²) < 4.78 is 64.3. The van der Waals surface area contributed by atoms with Crippen molar-refractivity contribution >= 4 is 21.6 Å². The minimum absolute atomic E-state index is 0.0704. The number of halogens is 4. The number of hydrogen-bond donors (Lipinski definition) is 0. The molecule has 1 atom stereocenters. The molecule has 1 aliphatic rings. The number of alkyl halides is 3. The monoisotopic (exact) mass is 327 g/mol. The highest BCUT2D eigenvalue weighted by Crippen LogP contribution is 2.36. The first-order valence-electron chi connectivity index (χ1n) is 6.07. The summed E-state index contributed by atoms with van der Waals surface area (Å²) in [7, 11) is -4.24. The Morgan fingerprint density at radius 1 is 1.20 bits per heavy atom. The van der Waals surface area contributed by atoms with Crippen molar-refractivity contribution in [2.24, 2.45) is 0 Å². The first-order chi connectivity index (χ1) is 9.24. The second kappa shape index (κ2) is 5.54. The molecule has 2 rings (SSSR count). The number of piperidine rings is 1. The summed E-state index contributed by atoms with van der Waals surface area (Å²) in [4.78, 5) is -0.280. The highest BCUT2D eigenvalue weighted by molar-refractivity contribution is 7.89. The Bertz CT molecular complexity index is 589. The van der Waals surface area contributed by atoms with Gasteiger partial charge >= 0.3 is 6.18 Å². The zero-order valence-electron chi connectivity index (χ0n) is 10.4. The number of sulfonamides is 1. The van der Waals surface area contributed by atoms with E-state index < -0.39 is 22.2 Å². The van der Waals surface area contributed by atoms with Crippen LogP contribution in [0.25, 0.3) is 0 Å². The van der Waals surface area contributed by atoms with Crippen LogP contribution in [0.1, 0.15) is 19.3 Å². The van der Waals surface area contributed by atoms with Crippen molar-refractivity contribution < 1.29 is 21.6 Å². The maximum atomic E-state index is 13.0. The normalized spacial score (nSPS) is 21.9. The van der Waals surface area contributed by atoms with Gasteiger partial charge in [-0.25, -0.2) is 8.42 Å². The van der Waals surface area contributed by atoms with Crippen molar-refractivity contribution in [3.63, 3.8) is 0 Å². The number of benzene rings is 1. The summed E-state index contributed by atoms with van der Waals surface area (Å²) >= 11 is 5.80. The SMILES string of the molecule is O=S(=O)(c1ccccc1Cl)N1CCCCC1C(F)(F)F. The predicted octanol–water partition coefficient (Wildman–Crippen LogP) is 3.45. The Morgan fingerprint density at radius 2 is 1.85 bits per heavy atom. The van der Waals surface area contributed by atoms with E-state index in [1.165, 1.54) is 24.3 Å². The summed E-state index contributed by atoms with van der Waals surface area (Å²) in [5.74, 6) is 0. The molecule has 20 heavy (non-hydrogen) atoms. The third-order valence-corrected chi connectivity index (χ3v) is 5.66. The largest absolute Gasteiger partial charge is 0.405 e. The van der Waals surface area contributed by atoms with Gasteiger partial charge in [0.2, 0.25) is 10.0 Å². The van der Waals surface area contributed by atoms with Crippen LogP contribution < -0.4 is 0 Å². The van der Waals surface area contributed by atoms with Gasteiger partial charge in [-0.1, -0.05) is 30.2 Å². The van der Waals surface area contributed by atoms with Crippen molar-refractivity contribution in [2.45, 2.75) is 36.4 Å². The van der Waals surface area contributed by atoms with Crippen LogP contribution in [0.4, 0.5) is 13.2 Å². The first kappa shape index (κ1) is 15.6. The van der Waals surface area contributed by atoms with Crippen molar-refractivity contribution in [3.8, 4) is 0 Å². The Balaban J connectivity index is 2.44. The fourth-order valence-corrected chi connectivity index (χ4v) is 4.48. The van der Waals surface area contributed by atoms with Gasteiger partial charge < -0.3 is 0 Å². The molecule has 1 aliphatic heterocycles. The molecule has 1 heterocycles. The highest BCUT2D eigenvalue weighted by Gasteiger charge is 2.49. The van der Waals surface area contributed by atoms with E-state index in [-0.39, 0.29) is 22.9 Å². The Kier molecular flexibility index (Phi) is 4.32. The number of nitrogens with zero attached hydrogens (tertiary/aromatic N) is 1. The minimum atomic E-state index is -4.57. The molecule has 3 nitrogen and oxygen atoms in total. The summed E-state index contributed by atoms with van der Waals surface area (Å²) in [5.41, 5.74) is 0. The molecule has 1 fully saturated rings. The molecule has 0 bridgehead atoms. The predicted molar refractivity (Wildman–Crippen MR) is 69.0 cm³/mol. The molecule has 1 aromatic carbocycles. The lowest BCUT2D eigenvalue weighted by Crippen LogP contribution is -2.51. The van der Waals surface area contributed by atoms with Gasteiger partial charge in [0.1, 0.15) is 10.9 Å². The van der Waals surface area contributed by atoms with E-state index in [4.69, 9.17) is 11.6 Å². The summed E-state index contributed by atoms with van der Waals surface area (Å²) in [5, 5.41) is -0.0704. The van der Waals surface area contributed by atoms with E-state index in [2.05, 4.69) is 0 Å². The number of hydrogen-bond acceptors (Lipinski definition) is 2. The average molecular weight is 328 g/mol. The van der Waals surface area contributed by atoms with Crippen molar-refractivity contribution in [2.75, 3.05) is 6.54 Å². The van der Waals surface area contributed by atoms with Crippen LogP contribution in [0.3, 0.4) is 0 Å². The average Bonchev–Trinajstić information content (AvgIpc) is 2.38. The molecule has 8 heteroatoms. The zero-order valence-corrected chi connectivity index (χ0v) is 12.0. The quantitative estimate of drug-likeness (QED) is 0.834. The van der Waals surface area contributed by atoms with Gasteiger partial charge in [0.15, 0.2) is 0 Å². The van der Waals surface area contributed by atoms with E-state index in [0.29, 0.717) is 17.1 Å². The Morgan fingerprint density at radius 3 is 2.45 bits per heavy atom. The van der Waals surface area contributed by atoms with Crippen LogP contribution in [0.5, 0.6) is 0 Å². The number of rotatable bonds is 2. The molecule has 0 aromatic heterocycles. The molecule has 1 aromatic rings. The molecule has 0 saturated carbocycles. The summed E-state index contributed by atoms with van der Waals surface area (Å²) in [6, 6.07) is 3.56. The second-order valence-electron chi connectivity index (χ2n) is 4.60. The van der Waals surface area contributed by atoms with Crippen molar-refractivity contribution in [1.82, 2.24) is 4.31 Å². The van der Waals surface area contributed by atoms with Gasteiger partial charge in [0.25, 0.3) is 0 Å². The molecular formula is C12H13ClF3NO2S. The maximum Gasteiger partial charge on any atom is 0.405 e. The minimum Gasteiger partial charge on any atom is -0.207 e. The first-order valence-corrected chi connectivity index (χ1v) is 7.89. The van der Waals surface area contributed by atoms with Crippen LogP contribution in [0.15, 0.2) is 29.2 Å². The van der Waals surface area contributed by atoms with Crippen LogP contribution >= 0.6 is 11.6 Å². The van der Waals surface area contributed by atoms with E-state index in [1.54, 1.807) is 0 Å². The molecule has 1 unspecified atom stereocenters. The van der Waals surface area contributed by atoms with Crippen LogP contribution in [-0.2, 0) is 10.0 Å². The lowest BCUT2D eigenvalue weighted by Gasteiger charge is -2.35. The molecule has 0 spiro atoms. The van der Waals surface area contributed by atoms with E-state index in [1.807, 2.05) is 0 Å². The lowest BCUT2D eigenvalue weighted by molar-refractivity contribution is -0.177. The molecule has 1 saturated heterocycles. The molecule has 0 radical (unpaired) electrons. The fourth-order valence-electron chi connectivity index (χ4n) is 2.30. The Hall–Kier alpha value is -0.790. The van der Waals surface area contributed by atoms with Gasteiger partial charge in [0.05, 0.1) is 5.02 Å². The van der Waals surface area contributed by atoms with E-state index >= 15 is 0 Å². The Labute approximate surface area is 120 Å². The van der Waals surface area contributed by atoms with Crippen molar-refractivity contribution in [1.29, 1.82) is 0 Å². The van der Waals surface area contributed by atoms with Gasteiger partial charge in [-0.3, -0.25) is 0 Å². The molecule has 112 valence electrons. The summed E-state index contributed by atoms with van der Waals surface area (Å²) in [6.07, 6.45) is -4.02. The third kappa shape index (κ3) is 2.94. The fraction of sp³-hybridized carbons (Fsp3) is 0.500. The topological polar surface area (TPSA) is 37.4 Å². The zero-order chi connectivity index (χ0) is 15.0. The molecule has 0 N–H and O–H groups in total. The van der Waals surface area contributed by atoms with Crippen LogP contribution in [-0.4, -0.2) is 31.5 Å². The molecule has 0 amide bonds. The second-order valence-corrected chi connectivity index (χ2v) is 6.87. The van der Waals surface area contributed by atoms with Crippen LogP contribution in [0.2, 0.25) is 5.02 Å². The van der Waals surface area contributed by atoms with Gasteiger partial charge in [-0.05, 0) is 25.0 Å².